The number of sulfone groups is 1. The Morgan fingerprint density at radius 2 is 2.00 bits per heavy atom. The van der Waals surface area contributed by atoms with Gasteiger partial charge in [-0.3, -0.25) is 9.59 Å². The molecule has 0 bridgehead atoms. The molecule has 27 heavy (non-hydrogen) atoms. The van der Waals surface area contributed by atoms with Gasteiger partial charge in [-0.05, 0) is 43.2 Å². The molecule has 1 aliphatic heterocycles. The van der Waals surface area contributed by atoms with Gasteiger partial charge in [0.15, 0.2) is 5.03 Å². The first-order valence-corrected chi connectivity index (χ1v) is 10.2. The normalized spacial score (nSPS) is 17.0. The van der Waals surface area contributed by atoms with Crippen LogP contribution in [0.2, 0.25) is 5.02 Å². The van der Waals surface area contributed by atoms with Crippen molar-refractivity contribution in [3.05, 3.63) is 51.8 Å². The number of nitrogens with zero attached hydrogens (tertiary/aromatic N) is 2. The Bertz CT molecular complexity index is 982. The summed E-state index contributed by atoms with van der Waals surface area (Å²) >= 11 is 5.78. The molecule has 1 saturated heterocycles. The van der Waals surface area contributed by atoms with Crippen LogP contribution in [0.5, 0.6) is 0 Å². The number of amides is 1. The van der Waals surface area contributed by atoms with Crippen molar-refractivity contribution >= 4 is 27.3 Å². The van der Waals surface area contributed by atoms with Crippen LogP contribution in [0.3, 0.4) is 0 Å². The average Bonchev–Trinajstić information content (AvgIpc) is 3.16. The highest BCUT2D eigenvalue weighted by atomic mass is 35.5. The summed E-state index contributed by atoms with van der Waals surface area (Å²) in [5, 5.41) is 6.60. The summed E-state index contributed by atoms with van der Waals surface area (Å²) in [4.78, 5) is 24.0. The van der Waals surface area contributed by atoms with Gasteiger partial charge in [-0.2, -0.15) is 5.10 Å². The molecule has 0 unspecified atom stereocenters. The van der Waals surface area contributed by atoms with E-state index in [4.69, 9.17) is 16.3 Å². The number of carbonyl (C=O) groups is 1. The zero-order valence-corrected chi connectivity index (χ0v) is 15.9. The molecular weight excluding hydrogens is 394 g/mol. The summed E-state index contributed by atoms with van der Waals surface area (Å²) in [6.45, 7) is 0.637. The van der Waals surface area contributed by atoms with Gasteiger partial charge in [0.25, 0.3) is 5.56 Å². The van der Waals surface area contributed by atoms with Gasteiger partial charge in [0.2, 0.25) is 15.7 Å². The van der Waals surface area contributed by atoms with Crippen molar-refractivity contribution in [2.75, 3.05) is 13.2 Å². The SMILES string of the molecule is O=C(Cn1nc(S(=O)(=O)c2ccc(Cl)cc2)ccc1=O)NC[C@@H]1CCCO1. The van der Waals surface area contributed by atoms with E-state index in [-0.39, 0.29) is 22.6 Å². The predicted molar refractivity (Wildman–Crippen MR) is 97.4 cm³/mol. The van der Waals surface area contributed by atoms with Crippen LogP contribution in [-0.4, -0.2) is 43.4 Å². The van der Waals surface area contributed by atoms with Crippen molar-refractivity contribution in [1.82, 2.24) is 15.1 Å². The average molecular weight is 412 g/mol. The Morgan fingerprint density at radius 1 is 1.26 bits per heavy atom. The van der Waals surface area contributed by atoms with Gasteiger partial charge in [0, 0.05) is 24.2 Å². The zero-order valence-electron chi connectivity index (χ0n) is 14.3. The molecule has 0 aliphatic carbocycles. The molecule has 3 rings (SSSR count). The lowest BCUT2D eigenvalue weighted by Crippen LogP contribution is -2.37. The summed E-state index contributed by atoms with van der Waals surface area (Å²) in [6.07, 6.45) is 1.79. The van der Waals surface area contributed by atoms with Gasteiger partial charge in [0.05, 0.1) is 11.0 Å². The molecule has 2 heterocycles. The van der Waals surface area contributed by atoms with E-state index in [1.54, 1.807) is 0 Å². The molecule has 10 heteroatoms. The molecule has 1 aromatic heterocycles. The van der Waals surface area contributed by atoms with Crippen molar-refractivity contribution in [1.29, 1.82) is 0 Å². The third kappa shape index (κ3) is 4.74. The molecule has 0 saturated carbocycles. The number of aromatic nitrogens is 2. The van der Waals surface area contributed by atoms with Gasteiger partial charge in [-0.1, -0.05) is 11.6 Å². The van der Waals surface area contributed by atoms with Crippen molar-refractivity contribution in [3.63, 3.8) is 0 Å². The first kappa shape index (κ1) is 19.5. The van der Waals surface area contributed by atoms with Gasteiger partial charge >= 0.3 is 0 Å². The summed E-state index contributed by atoms with van der Waals surface area (Å²) in [5.74, 6) is -0.443. The number of halogens is 1. The van der Waals surface area contributed by atoms with E-state index in [1.807, 2.05) is 0 Å². The summed E-state index contributed by atoms with van der Waals surface area (Å²) < 4.78 is 31.5. The summed E-state index contributed by atoms with van der Waals surface area (Å²) in [7, 11) is -3.94. The van der Waals surface area contributed by atoms with E-state index >= 15 is 0 Å². The topological polar surface area (TPSA) is 107 Å². The van der Waals surface area contributed by atoms with Crippen LogP contribution < -0.4 is 10.9 Å². The Morgan fingerprint density at radius 3 is 2.67 bits per heavy atom. The summed E-state index contributed by atoms with van der Waals surface area (Å²) in [5.41, 5.74) is -0.572. The Balaban J connectivity index is 1.76. The van der Waals surface area contributed by atoms with Crippen molar-refractivity contribution in [3.8, 4) is 0 Å². The molecule has 8 nitrogen and oxygen atoms in total. The highest BCUT2D eigenvalue weighted by molar-refractivity contribution is 7.91. The quantitative estimate of drug-likeness (QED) is 0.760. The molecule has 1 N–H and O–H groups in total. The van der Waals surface area contributed by atoms with Gasteiger partial charge in [-0.15, -0.1) is 0 Å². The number of benzene rings is 1. The largest absolute Gasteiger partial charge is 0.376 e. The number of hydrogen-bond acceptors (Lipinski definition) is 6. The van der Waals surface area contributed by atoms with Crippen molar-refractivity contribution in [2.24, 2.45) is 0 Å². The lowest BCUT2D eigenvalue weighted by molar-refractivity contribution is -0.122. The molecule has 1 amide bonds. The molecular formula is C17H18ClN3O5S. The van der Waals surface area contributed by atoms with E-state index in [0.717, 1.165) is 29.7 Å². The van der Waals surface area contributed by atoms with E-state index in [2.05, 4.69) is 10.4 Å². The molecule has 1 aromatic carbocycles. The lowest BCUT2D eigenvalue weighted by atomic mass is 10.2. The minimum absolute atomic E-state index is 0.00701. The Labute approximate surface area is 161 Å². The van der Waals surface area contributed by atoms with Crippen LogP contribution in [0.15, 0.2) is 51.1 Å². The predicted octanol–water partition coefficient (Wildman–Crippen LogP) is 1.02. The van der Waals surface area contributed by atoms with Crippen molar-refractivity contribution in [2.45, 2.75) is 35.4 Å². The molecule has 144 valence electrons. The number of ether oxygens (including phenoxy) is 1. The zero-order chi connectivity index (χ0) is 19.4. The molecule has 1 aliphatic rings. The number of carbonyl (C=O) groups excluding carboxylic acids is 1. The van der Waals surface area contributed by atoms with Crippen LogP contribution >= 0.6 is 11.6 Å². The molecule has 0 spiro atoms. The standard InChI is InChI=1S/C17H18ClN3O5S/c18-12-3-5-14(6-4-12)27(24,25)16-7-8-17(23)21(20-16)11-15(22)19-10-13-2-1-9-26-13/h3-8,13H,1-2,9-11H2,(H,19,22)/t13-/m0/s1. The second-order valence-electron chi connectivity index (χ2n) is 6.06. The van der Waals surface area contributed by atoms with E-state index in [0.29, 0.717) is 18.2 Å². The number of hydrogen-bond donors (Lipinski definition) is 1. The highest BCUT2D eigenvalue weighted by Crippen LogP contribution is 2.20. The molecule has 2 aromatic rings. The third-order valence-electron chi connectivity index (χ3n) is 4.09. The first-order valence-electron chi connectivity index (χ1n) is 8.33. The van der Waals surface area contributed by atoms with Crippen LogP contribution in [-0.2, 0) is 25.9 Å². The smallest absolute Gasteiger partial charge is 0.267 e. The number of nitrogens with one attached hydrogen (secondary N) is 1. The Hall–Kier alpha value is -2.23. The minimum atomic E-state index is -3.94. The highest BCUT2D eigenvalue weighted by Gasteiger charge is 2.21. The van der Waals surface area contributed by atoms with Crippen LogP contribution in [0.4, 0.5) is 0 Å². The lowest BCUT2D eigenvalue weighted by Gasteiger charge is -2.11. The van der Waals surface area contributed by atoms with E-state index in [9.17, 15) is 18.0 Å². The van der Waals surface area contributed by atoms with Crippen molar-refractivity contribution < 1.29 is 17.9 Å². The maximum Gasteiger partial charge on any atom is 0.267 e. The molecule has 0 radical (unpaired) electrons. The van der Waals surface area contributed by atoms with Crippen LogP contribution in [0, 0.1) is 0 Å². The molecule has 1 fully saturated rings. The molecule has 1 atom stereocenters. The maximum atomic E-state index is 12.7. The first-order chi connectivity index (χ1) is 12.9. The van der Waals surface area contributed by atoms with Crippen LogP contribution in [0.1, 0.15) is 12.8 Å². The fourth-order valence-electron chi connectivity index (χ4n) is 2.65. The fourth-order valence-corrected chi connectivity index (χ4v) is 3.96. The maximum absolute atomic E-state index is 12.7. The second-order valence-corrected chi connectivity index (χ2v) is 8.40. The van der Waals surface area contributed by atoms with E-state index < -0.39 is 21.3 Å². The fraction of sp³-hybridized carbons (Fsp3) is 0.353. The Kier molecular flexibility index (Phi) is 5.93. The minimum Gasteiger partial charge on any atom is -0.376 e. The van der Waals surface area contributed by atoms with E-state index in [1.165, 1.54) is 24.3 Å². The monoisotopic (exact) mass is 411 g/mol. The third-order valence-corrected chi connectivity index (χ3v) is 6.00. The van der Waals surface area contributed by atoms with Gasteiger partial charge in [-0.25, -0.2) is 13.1 Å². The van der Waals surface area contributed by atoms with Gasteiger partial charge < -0.3 is 10.1 Å². The number of rotatable bonds is 6. The van der Waals surface area contributed by atoms with Gasteiger partial charge in [0.1, 0.15) is 6.54 Å². The summed E-state index contributed by atoms with van der Waals surface area (Å²) in [6, 6.07) is 7.79. The second kappa shape index (κ2) is 8.20. The van der Waals surface area contributed by atoms with Crippen LogP contribution in [0.25, 0.3) is 0 Å².